The highest BCUT2D eigenvalue weighted by Crippen LogP contribution is 2.58. The van der Waals surface area contributed by atoms with E-state index in [1.165, 1.54) is 11.3 Å². The van der Waals surface area contributed by atoms with Crippen molar-refractivity contribution in [3.05, 3.63) is 52.0 Å². The largest absolute Gasteiger partial charge is 0.352 e. The molecule has 1 N–H and O–H groups in total. The number of carbonyl (C=O) groups is 2. The summed E-state index contributed by atoms with van der Waals surface area (Å²) in [5.41, 5.74) is 2.09. The lowest BCUT2D eigenvalue weighted by molar-refractivity contribution is -0.123. The van der Waals surface area contributed by atoms with E-state index in [0.717, 1.165) is 35.4 Å². The molecule has 25 heavy (non-hydrogen) atoms. The van der Waals surface area contributed by atoms with E-state index in [9.17, 15) is 9.59 Å². The minimum absolute atomic E-state index is 0.00313. The average molecular weight is 355 g/mol. The lowest BCUT2D eigenvalue weighted by atomic mass is 10.0. The zero-order chi connectivity index (χ0) is 17.4. The number of thiophene rings is 1. The number of aryl methyl sites for hydroxylation is 1. The number of hydrogen-bond donors (Lipinski definition) is 1. The summed E-state index contributed by atoms with van der Waals surface area (Å²) in [5.74, 6) is 0.266. The summed E-state index contributed by atoms with van der Waals surface area (Å²) in [5, 5.41) is 4.98. The molecule has 0 aromatic carbocycles. The van der Waals surface area contributed by atoms with Crippen molar-refractivity contribution >= 4 is 23.2 Å². The smallest absolute Gasteiger partial charge is 0.264 e. The summed E-state index contributed by atoms with van der Waals surface area (Å²) < 4.78 is 0. The Morgan fingerprint density at radius 2 is 2.16 bits per heavy atom. The summed E-state index contributed by atoms with van der Waals surface area (Å²) in [6.45, 7) is 3.97. The van der Waals surface area contributed by atoms with Crippen LogP contribution in [0, 0.1) is 18.3 Å². The third kappa shape index (κ3) is 3.06. The third-order valence-corrected chi connectivity index (χ3v) is 6.46. The van der Waals surface area contributed by atoms with Crippen LogP contribution in [0.2, 0.25) is 0 Å². The van der Waals surface area contributed by atoms with Crippen LogP contribution >= 0.6 is 11.3 Å². The van der Waals surface area contributed by atoms with Gasteiger partial charge in [0, 0.05) is 43.4 Å². The first-order valence-electron chi connectivity index (χ1n) is 8.59. The van der Waals surface area contributed by atoms with Gasteiger partial charge in [0.25, 0.3) is 5.91 Å². The first kappa shape index (κ1) is 16.3. The molecule has 2 fully saturated rings. The van der Waals surface area contributed by atoms with Crippen molar-refractivity contribution in [2.45, 2.75) is 26.3 Å². The second-order valence-corrected chi connectivity index (χ2v) is 8.02. The summed E-state index contributed by atoms with van der Waals surface area (Å²) >= 11 is 1.50. The molecule has 2 amide bonds. The Morgan fingerprint density at radius 3 is 2.88 bits per heavy atom. The van der Waals surface area contributed by atoms with Crippen LogP contribution in [0.4, 0.5) is 0 Å². The maximum Gasteiger partial charge on any atom is 0.264 e. The Hall–Kier alpha value is -2.21. The minimum Gasteiger partial charge on any atom is -0.352 e. The van der Waals surface area contributed by atoms with Crippen molar-refractivity contribution in [2.24, 2.45) is 11.3 Å². The van der Waals surface area contributed by atoms with Gasteiger partial charge in [-0.2, -0.15) is 0 Å². The molecule has 6 heteroatoms. The van der Waals surface area contributed by atoms with Gasteiger partial charge in [0.1, 0.15) is 0 Å². The van der Waals surface area contributed by atoms with Crippen molar-refractivity contribution in [1.82, 2.24) is 15.2 Å². The zero-order valence-corrected chi connectivity index (χ0v) is 15.0. The SMILES string of the molecule is Cc1ccsc1C(=O)N1CC[C@]2(C[C@@H]2C(=O)NCc2ccncc2)C1. The number of carbonyl (C=O) groups excluding carboxylic acids is 2. The van der Waals surface area contributed by atoms with Crippen molar-refractivity contribution in [3.63, 3.8) is 0 Å². The van der Waals surface area contributed by atoms with Gasteiger partial charge in [0.05, 0.1) is 4.88 Å². The number of nitrogens with zero attached hydrogens (tertiary/aromatic N) is 2. The van der Waals surface area contributed by atoms with Gasteiger partial charge in [-0.1, -0.05) is 0 Å². The molecule has 130 valence electrons. The van der Waals surface area contributed by atoms with Gasteiger partial charge in [-0.25, -0.2) is 0 Å². The van der Waals surface area contributed by atoms with Crippen LogP contribution in [0.5, 0.6) is 0 Å². The van der Waals surface area contributed by atoms with E-state index in [1.54, 1.807) is 12.4 Å². The molecule has 4 rings (SSSR count). The Morgan fingerprint density at radius 1 is 1.36 bits per heavy atom. The molecule has 2 aromatic heterocycles. The van der Waals surface area contributed by atoms with E-state index in [0.29, 0.717) is 13.1 Å². The predicted molar refractivity (Wildman–Crippen MR) is 96.2 cm³/mol. The van der Waals surface area contributed by atoms with E-state index in [-0.39, 0.29) is 23.1 Å². The summed E-state index contributed by atoms with van der Waals surface area (Å²) in [4.78, 5) is 31.9. The van der Waals surface area contributed by atoms with Crippen LogP contribution in [-0.2, 0) is 11.3 Å². The Labute approximate surface area is 151 Å². The Balaban J connectivity index is 1.34. The fourth-order valence-electron chi connectivity index (χ4n) is 3.79. The molecule has 0 bridgehead atoms. The first-order chi connectivity index (χ1) is 12.1. The number of aromatic nitrogens is 1. The Kier molecular flexibility index (Phi) is 4.07. The first-order valence-corrected chi connectivity index (χ1v) is 9.47. The quantitative estimate of drug-likeness (QED) is 0.917. The molecule has 1 aliphatic carbocycles. The van der Waals surface area contributed by atoms with Gasteiger partial charge in [0.15, 0.2) is 0 Å². The topological polar surface area (TPSA) is 62.3 Å². The molecular weight excluding hydrogens is 334 g/mol. The maximum absolute atomic E-state index is 12.7. The van der Waals surface area contributed by atoms with Crippen molar-refractivity contribution in [1.29, 1.82) is 0 Å². The monoisotopic (exact) mass is 355 g/mol. The molecule has 1 aliphatic heterocycles. The van der Waals surface area contributed by atoms with Crippen LogP contribution in [0.15, 0.2) is 36.0 Å². The van der Waals surface area contributed by atoms with Crippen LogP contribution in [0.3, 0.4) is 0 Å². The van der Waals surface area contributed by atoms with Gasteiger partial charge in [-0.3, -0.25) is 14.6 Å². The highest BCUT2D eigenvalue weighted by Gasteiger charge is 2.61. The molecule has 0 unspecified atom stereocenters. The lowest BCUT2D eigenvalue weighted by Gasteiger charge is -2.16. The van der Waals surface area contributed by atoms with Gasteiger partial charge in [-0.05, 0) is 54.5 Å². The highest BCUT2D eigenvalue weighted by atomic mass is 32.1. The van der Waals surface area contributed by atoms with Crippen molar-refractivity contribution < 1.29 is 9.59 Å². The molecule has 1 spiro atoms. The van der Waals surface area contributed by atoms with Crippen LogP contribution in [0.1, 0.15) is 33.6 Å². The molecule has 0 radical (unpaired) electrons. The van der Waals surface area contributed by atoms with E-state index >= 15 is 0 Å². The van der Waals surface area contributed by atoms with Crippen molar-refractivity contribution in [3.8, 4) is 0 Å². The number of likely N-dealkylation sites (tertiary alicyclic amines) is 1. The van der Waals surface area contributed by atoms with Crippen LogP contribution in [-0.4, -0.2) is 34.8 Å². The number of hydrogen-bond acceptors (Lipinski definition) is 4. The molecule has 3 heterocycles. The maximum atomic E-state index is 12.7. The van der Waals surface area contributed by atoms with E-state index in [1.807, 2.05) is 35.4 Å². The lowest BCUT2D eigenvalue weighted by Crippen LogP contribution is -2.31. The summed E-state index contributed by atoms with van der Waals surface area (Å²) in [6, 6.07) is 5.79. The molecule has 2 aromatic rings. The fraction of sp³-hybridized carbons (Fsp3) is 0.421. The molecule has 2 atom stereocenters. The van der Waals surface area contributed by atoms with E-state index in [4.69, 9.17) is 0 Å². The van der Waals surface area contributed by atoms with Crippen molar-refractivity contribution in [2.75, 3.05) is 13.1 Å². The third-order valence-electron chi connectivity index (χ3n) is 5.45. The van der Waals surface area contributed by atoms with Crippen LogP contribution in [0.25, 0.3) is 0 Å². The second kappa shape index (κ2) is 6.26. The molecule has 5 nitrogen and oxygen atoms in total. The number of nitrogens with one attached hydrogen (secondary N) is 1. The fourth-order valence-corrected chi connectivity index (χ4v) is 4.68. The summed E-state index contributed by atoms with van der Waals surface area (Å²) in [7, 11) is 0. The molecule has 1 saturated heterocycles. The highest BCUT2D eigenvalue weighted by molar-refractivity contribution is 7.12. The standard InChI is InChI=1S/C19H21N3O2S/c1-13-4-9-25-16(13)18(24)22-8-5-19(12-22)10-15(19)17(23)21-11-14-2-6-20-7-3-14/h2-4,6-7,9,15H,5,8,10-12H2,1H3,(H,21,23)/t15-,19+/m1/s1. The minimum atomic E-state index is 0.00313. The van der Waals surface area contributed by atoms with Gasteiger partial charge in [0.2, 0.25) is 5.91 Å². The average Bonchev–Trinajstić information content (AvgIpc) is 2.93. The number of pyridine rings is 1. The summed E-state index contributed by atoms with van der Waals surface area (Å²) in [6.07, 6.45) is 5.28. The number of rotatable bonds is 4. The zero-order valence-electron chi connectivity index (χ0n) is 14.2. The van der Waals surface area contributed by atoms with Gasteiger partial charge >= 0.3 is 0 Å². The molecular formula is C19H21N3O2S. The molecule has 2 aliphatic rings. The normalized spacial score (nSPS) is 24.5. The van der Waals surface area contributed by atoms with Gasteiger partial charge < -0.3 is 10.2 Å². The Bertz CT molecular complexity index is 804. The van der Waals surface area contributed by atoms with E-state index < -0.39 is 0 Å². The van der Waals surface area contributed by atoms with Crippen LogP contribution < -0.4 is 5.32 Å². The molecule has 1 saturated carbocycles. The predicted octanol–water partition coefficient (Wildman–Crippen LogP) is 2.62. The van der Waals surface area contributed by atoms with E-state index in [2.05, 4.69) is 10.3 Å². The second-order valence-electron chi connectivity index (χ2n) is 7.10. The number of amides is 2. The van der Waals surface area contributed by atoms with Gasteiger partial charge in [-0.15, -0.1) is 11.3 Å².